The molecule has 0 aromatic carbocycles. The first-order valence-corrected chi connectivity index (χ1v) is 5.61. The predicted octanol–water partition coefficient (Wildman–Crippen LogP) is 1.96. The van der Waals surface area contributed by atoms with Crippen LogP contribution in [0.25, 0.3) is 0 Å². The van der Waals surface area contributed by atoms with Crippen LogP contribution >= 0.6 is 0 Å². The van der Waals surface area contributed by atoms with Crippen LogP contribution in [0.15, 0.2) is 0 Å². The SMILES string of the molecule is CC.CC(C)CC1CNCCN1C. The van der Waals surface area contributed by atoms with Gasteiger partial charge in [-0.25, -0.2) is 0 Å². The van der Waals surface area contributed by atoms with E-state index < -0.39 is 0 Å². The maximum atomic E-state index is 3.43. The van der Waals surface area contributed by atoms with Gasteiger partial charge in [0.1, 0.15) is 0 Å². The van der Waals surface area contributed by atoms with Gasteiger partial charge in [0, 0.05) is 25.7 Å². The highest BCUT2D eigenvalue weighted by Gasteiger charge is 2.18. The molecule has 0 aromatic rings. The van der Waals surface area contributed by atoms with Crippen molar-refractivity contribution in [2.75, 3.05) is 26.7 Å². The Morgan fingerprint density at radius 2 is 2.00 bits per heavy atom. The molecule has 2 nitrogen and oxygen atoms in total. The lowest BCUT2D eigenvalue weighted by Crippen LogP contribution is -2.49. The van der Waals surface area contributed by atoms with Crippen molar-refractivity contribution in [3.8, 4) is 0 Å². The smallest absolute Gasteiger partial charge is 0.0220 e. The third kappa shape index (κ3) is 5.27. The van der Waals surface area contributed by atoms with Gasteiger partial charge in [-0.2, -0.15) is 0 Å². The van der Waals surface area contributed by atoms with E-state index in [1.165, 1.54) is 19.5 Å². The fourth-order valence-corrected chi connectivity index (χ4v) is 1.67. The highest BCUT2D eigenvalue weighted by molar-refractivity contribution is 4.77. The van der Waals surface area contributed by atoms with Crippen molar-refractivity contribution >= 4 is 0 Å². The van der Waals surface area contributed by atoms with Gasteiger partial charge in [0.15, 0.2) is 0 Å². The summed E-state index contributed by atoms with van der Waals surface area (Å²) in [5.74, 6) is 0.822. The Morgan fingerprint density at radius 1 is 1.38 bits per heavy atom. The molecule has 0 spiro atoms. The molecule has 0 saturated carbocycles. The second-order valence-electron chi connectivity index (χ2n) is 3.97. The normalized spacial score (nSPS) is 24.0. The maximum absolute atomic E-state index is 3.43. The number of rotatable bonds is 2. The van der Waals surface area contributed by atoms with E-state index in [1.807, 2.05) is 13.8 Å². The number of nitrogens with zero attached hydrogens (tertiary/aromatic N) is 1. The summed E-state index contributed by atoms with van der Waals surface area (Å²) in [4.78, 5) is 2.47. The minimum atomic E-state index is 0.767. The molecule has 1 aliphatic rings. The second-order valence-corrected chi connectivity index (χ2v) is 3.97. The maximum Gasteiger partial charge on any atom is 0.0220 e. The van der Waals surface area contributed by atoms with E-state index in [2.05, 4.69) is 31.1 Å². The summed E-state index contributed by atoms with van der Waals surface area (Å²) >= 11 is 0. The van der Waals surface area contributed by atoms with Crippen LogP contribution in [-0.4, -0.2) is 37.6 Å². The largest absolute Gasteiger partial charge is 0.314 e. The molecule has 2 heteroatoms. The van der Waals surface area contributed by atoms with Gasteiger partial charge in [0.25, 0.3) is 0 Å². The summed E-state index contributed by atoms with van der Waals surface area (Å²) in [5, 5.41) is 3.43. The Hall–Kier alpha value is -0.0800. The minimum absolute atomic E-state index is 0.767. The number of hydrogen-bond acceptors (Lipinski definition) is 2. The molecule has 0 radical (unpaired) electrons. The Balaban J connectivity index is 0.000000671. The van der Waals surface area contributed by atoms with Crippen LogP contribution in [0.1, 0.15) is 34.1 Å². The first-order chi connectivity index (χ1) is 6.20. The number of nitrogens with one attached hydrogen (secondary N) is 1. The molecule has 1 aliphatic heterocycles. The van der Waals surface area contributed by atoms with Gasteiger partial charge in [-0.3, -0.25) is 0 Å². The lowest BCUT2D eigenvalue weighted by molar-refractivity contribution is 0.176. The van der Waals surface area contributed by atoms with Gasteiger partial charge in [-0.15, -0.1) is 0 Å². The van der Waals surface area contributed by atoms with Gasteiger partial charge < -0.3 is 10.2 Å². The molecule has 1 heterocycles. The Bertz CT molecular complexity index is 113. The van der Waals surface area contributed by atoms with Crippen LogP contribution < -0.4 is 5.32 Å². The van der Waals surface area contributed by atoms with Gasteiger partial charge in [-0.05, 0) is 19.4 Å². The fourth-order valence-electron chi connectivity index (χ4n) is 1.67. The van der Waals surface area contributed by atoms with E-state index in [0.717, 1.165) is 18.5 Å². The molecule has 1 saturated heterocycles. The van der Waals surface area contributed by atoms with Crippen molar-refractivity contribution in [1.82, 2.24) is 10.2 Å². The standard InChI is InChI=1S/C9H20N2.C2H6/c1-8(2)6-9-7-10-4-5-11(9)3;1-2/h8-10H,4-7H2,1-3H3;1-2H3. The van der Waals surface area contributed by atoms with E-state index in [4.69, 9.17) is 0 Å². The molecule has 1 unspecified atom stereocenters. The Labute approximate surface area is 83.7 Å². The molecule has 1 fully saturated rings. The van der Waals surface area contributed by atoms with Crippen LogP contribution in [0.5, 0.6) is 0 Å². The summed E-state index contributed by atoms with van der Waals surface area (Å²) in [6, 6.07) is 0.767. The average molecular weight is 186 g/mol. The zero-order valence-electron chi connectivity index (χ0n) is 9.93. The van der Waals surface area contributed by atoms with E-state index in [0.29, 0.717) is 0 Å². The Kier molecular flexibility index (Phi) is 7.29. The number of piperazine rings is 1. The number of hydrogen-bond donors (Lipinski definition) is 1. The second kappa shape index (κ2) is 7.34. The van der Waals surface area contributed by atoms with Crippen molar-refractivity contribution < 1.29 is 0 Å². The van der Waals surface area contributed by atoms with Gasteiger partial charge in [-0.1, -0.05) is 27.7 Å². The highest BCUT2D eigenvalue weighted by Crippen LogP contribution is 2.10. The summed E-state index contributed by atoms with van der Waals surface area (Å²) in [6.07, 6.45) is 1.32. The topological polar surface area (TPSA) is 15.3 Å². The van der Waals surface area contributed by atoms with E-state index >= 15 is 0 Å². The zero-order chi connectivity index (χ0) is 10.3. The summed E-state index contributed by atoms with van der Waals surface area (Å²) in [5.41, 5.74) is 0. The van der Waals surface area contributed by atoms with Gasteiger partial charge in [0.2, 0.25) is 0 Å². The molecule has 13 heavy (non-hydrogen) atoms. The van der Waals surface area contributed by atoms with Crippen LogP contribution in [0.3, 0.4) is 0 Å². The van der Waals surface area contributed by atoms with Crippen molar-refractivity contribution in [2.45, 2.75) is 40.2 Å². The molecule has 0 bridgehead atoms. The third-order valence-corrected chi connectivity index (χ3v) is 2.39. The molecule has 0 aliphatic carbocycles. The van der Waals surface area contributed by atoms with Gasteiger partial charge in [0.05, 0.1) is 0 Å². The van der Waals surface area contributed by atoms with E-state index in [-0.39, 0.29) is 0 Å². The molecule has 1 atom stereocenters. The average Bonchev–Trinajstić information content (AvgIpc) is 2.12. The van der Waals surface area contributed by atoms with Crippen LogP contribution in [0, 0.1) is 5.92 Å². The summed E-state index contributed by atoms with van der Waals surface area (Å²) < 4.78 is 0. The quantitative estimate of drug-likeness (QED) is 0.709. The van der Waals surface area contributed by atoms with Crippen LogP contribution in [0.2, 0.25) is 0 Å². The minimum Gasteiger partial charge on any atom is -0.314 e. The van der Waals surface area contributed by atoms with Crippen LogP contribution in [-0.2, 0) is 0 Å². The monoisotopic (exact) mass is 186 g/mol. The lowest BCUT2D eigenvalue weighted by atomic mass is 10.0. The molecule has 1 rings (SSSR count). The first kappa shape index (κ1) is 12.9. The van der Waals surface area contributed by atoms with Crippen molar-refractivity contribution in [3.63, 3.8) is 0 Å². The fraction of sp³-hybridized carbons (Fsp3) is 1.00. The predicted molar refractivity (Wildman–Crippen MR) is 60.1 cm³/mol. The molecule has 80 valence electrons. The molecular weight excluding hydrogens is 160 g/mol. The van der Waals surface area contributed by atoms with Crippen LogP contribution in [0.4, 0.5) is 0 Å². The molecular formula is C11H26N2. The lowest BCUT2D eigenvalue weighted by Gasteiger charge is -2.34. The van der Waals surface area contributed by atoms with Crippen molar-refractivity contribution in [2.24, 2.45) is 5.92 Å². The zero-order valence-corrected chi connectivity index (χ0v) is 9.93. The summed E-state index contributed by atoms with van der Waals surface area (Å²) in [7, 11) is 2.23. The van der Waals surface area contributed by atoms with E-state index in [9.17, 15) is 0 Å². The first-order valence-electron chi connectivity index (χ1n) is 5.61. The highest BCUT2D eigenvalue weighted by atomic mass is 15.2. The molecule has 0 aromatic heterocycles. The van der Waals surface area contributed by atoms with Gasteiger partial charge >= 0.3 is 0 Å². The van der Waals surface area contributed by atoms with Crippen molar-refractivity contribution in [1.29, 1.82) is 0 Å². The molecule has 1 N–H and O–H groups in total. The molecule has 0 amide bonds. The summed E-state index contributed by atoms with van der Waals surface area (Å²) in [6.45, 7) is 12.1. The Morgan fingerprint density at radius 3 is 2.46 bits per heavy atom. The number of likely N-dealkylation sites (N-methyl/N-ethyl adjacent to an activating group) is 1. The van der Waals surface area contributed by atoms with E-state index in [1.54, 1.807) is 0 Å². The third-order valence-electron chi connectivity index (χ3n) is 2.39. The van der Waals surface area contributed by atoms with Crippen molar-refractivity contribution in [3.05, 3.63) is 0 Å².